The molecule has 0 unspecified atom stereocenters. The minimum Gasteiger partial charge on any atom is -0.396 e. The molecule has 0 fully saturated rings. The lowest BCUT2D eigenvalue weighted by molar-refractivity contribution is 0.283. The fraction of sp³-hybridized carbons (Fsp3) is 0.667. The Balaban J connectivity index is 2.34. The van der Waals surface area contributed by atoms with Gasteiger partial charge in [-0.3, -0.25) is 0 Å². The van der Waals surface area contributed by atoms with Crippen molar-refractivity contribution in [1.82, 2.24) is 9.97 Å². The molecule has 0 radical (unpaired) electrons. The number of rotatable bonds is 7. The molecule has 1 heterocycles. The lowest BCUT2D eigenvalue weighted by atomic mass is 10.2. The normalized spacial score (nSPS) is 10.6. The molecule has 0 aliphatic rings. The summed E-state index contributed by atoms with van der Waals surface area (Å²) in [4.78, 5) is 8.57. The van der Waals surface area contributed by atoms with Crippen molar-refractivity contribution in [2.75, 3.05) is 18.5 Å². The molecule has 1 rings (SSSR count). The summed E-state index contributed by atoms with van der Waals surface area (Å²) < 4.78 is 0. The number of aliphatic hydroxyl groups excluding tert-OH is 1. The Bertz CT molecular complexity index is 358. The number of nitrogens with zero attached hydrogens (tertiary/aromatic N) is 2. The van der Waals surface area contributed by atoms with Crippen molar-refractivity contribution < 1.29 is 5.11 Å². The molecule has 0 spiro atoms. The van der Waals surface area contributed by atoms with Gasteiger partial charge in [-0.05, 0) is 26.7 Å². The van der Waals surface area contributed by atoms with E-state index in [1.54, 1.807) is 0 Å². The molecule has 0 atom stereocenters. The molecule has 1 aromatic heterocycles. The van der Waals surface area contributed by atoms with Gasteiger partial charge in [-0.25, -0.2) is 9.97 Å². The predicted octanol–water partition coefficient (Wildman–Crippen LogP) is 2.71. The first-order chi connectivity index (χ1) is 8.15. The van der Waals surface area contributed by atoms with Gasteiger partial charge in [0.2, 0.25) is 0 Å². The fourth-order valence-electron chi connectivity index (χ4n) is 1.49. The van der Waals surface area contributed by atoms with Crippen LogP contribution in [-0.2, 0) is 0 Å². The molecule has 0 aromatic carbocycles. The number of anilines is 1. The highest BCUT2D eigenvalue weighted by atomic mass is 35.5. The van der Waals surface area contributed by atoms with E-state index in [0.717, 1.165) is 43.6 Å². The molecule has 0 bridgehead atoms. The standard InChI is InChI=1S/C12H20ClN3O/c1-9-10(2)16-12(11(13)15-9)14-7-5-3-4-6-8-17/h17H,3-8H2,1-2H3,(H,14,16). The molecule has 4 nitrogen and oxygen atoms in total. The van der Waals surface area contributed by atoms with E-state index < -0.39 is 0 Å². The van der Waals surface area contributed by atoms with Crippen LogP contribution in [0.5, 0.6) is 0 Å². The van der Waals surface area contributed by atoms with Crippen molar-refractivity contribution in [3.63, 3.8) is 0 Å². The first-order valence-corrected chi connectivity index (χ1v) is 6.38. The van der Waals surface area contributed by atoms with Gasteiger partial charge in [-0.1, -0.05) is 24.4 Å². The maximum Gasteiger partial charge on any atom is 0.171 e. The lowest BCUT2D eigenvalue weighted by Crippen LogP contribution is -2.06. The molecule has 2 N–H and O–H groups in total. The van der Waals surface area contributed by atoms with E-state index in [1.807, 2.05) is 13.8 Å². The van der Waals surface area contributed by atoms with Gasteiger partial charge in [0.1, 0.15) is 0 Å². The zero-order chi connectivity index (χ0) is 12.7. The minimum atomic E-state index is 0.280. The first kappa shape index (κ1) is 14.2. The third kappa shape index (κ3) is 4.88. The number of aliphatic hydroxyl groups is 1. The average molecular weight is 258 g/mol. The van der Waals surface area contributed by atoms with E-state index in [-0.39, 0.29) is 6.61 Å². The van der Waals surface area contributed by atoms with Crippen LogP contribution in [0.4, 0.5) is 5.82 Å². The molecule has 5 heteroatoms. The van der Waals surface area contributed by atoms with E-state index in [0.29, 0.717) is 11.0 Å². The highest BCUT2D eigenvalue weighted by Crippen LogP contribution is 2.18. The van der Waals surface area contributed by atoms with E-state index in [2.05, 4.69) is 15.3 Å². The Hall–Kier alpha value is -0.870. The largest absolute Gasteiger partial charge is 0.396 e. The van der Waals surface area contributed by atoms with Crippen LogP contribution in [0.3, 0.4) is 0 Å². The van der Waals surface area contributed by atoms with Crippen LogP contribution in [0.1, 0.15) is 37.1 Å². The molecule has 0 aliphatic carbocycles. The molecule has 17 heavy (non-hydrogen) atoms. The molecule has 0 aliphatic heterocycles. The smallest absolute Gasteiger partial charge is 0.171 e. The summed E-state index contributed by atoms with van der Waals surface area (Å²) >= 11 is 5.99. The van der Waals surface area contributed by atoms with Crippen molar-refractivity contribution in [3.05, 3.63) is 16.5 Å². The van der Waals surface area contributed by atoms with Gasteiger partial charge in [0.25, 0.3) is 0 Å². The lowest BCUT2D eigenvalue weighted by Gasteiger charge is -2.08. The third-order valence-electron chi connectivity index (χ3n) is 2.64. The fourth-order valence-corrected chi connectivity index (χ4v) is 1.72. The predicted molar refractivity (Wildman–Crippen MR) is 70.6 cm³/mol. The summed E-state index contributed by atoms with van der Waals surface area (Å²) in [7, 11) is 0. The maximum atomic E-state index is 8.64. The number of aromatic nitrogens is 2. The number of halogens is 1. The van der Waals surface area contributed by atoms with Gasteiger partial charge in [0, 0.05) is 13.2 Å². The van der Waals surface area contributed by atoms with Crippen LogP contribution < -0.4 is 5.32 Å². The Morgan fingerprint density at radius 1 is 1.06 bits per heavy atom. The maximum absolute atomic E-state index is 8.64. The van der Waals surface area contributed by atoms with Crippen LogP contribution in [-0.4, -0.2) is 28.2 Å². The number of hydrogen-bond acceptors (Lipinski definition) is 4. The van der Waals surface area contributed by atoms with Crippen molar-refractivity contribution in [1.29, 1.82) is 0 Å². The van der Waals surface area contributed by atoms with Crippen molar-refractivity contribution in [2.45, 2.75) is 39.5 Å². The molecular weight excluding hydrogens is 238 g/mol. The number of unbranched alkanes of at least 4 members (excludes halogenated alkanes) is 3. The Morgan fingerprint density at radius 3 is 2.41 bits per heavy atom. The number of aryl methyl sites for hydroxylation is 2. The molecule has 0 saturated carbocycles. The Morgan fingerprint density at radius 2 is 1.71 bits per heavy atom. The zero-order valence-corrected chi connectivity index (χ0v) is 11.2. The summed E-state index contributed by atoms with van der Waals surface area (Å²) in [5, 5.41) is 12.3. The van der Waals surface area contributed by atoms with E-state index in [9.17, 15) is 0 Å². The number of hydrogen-bond donors (Lipinski definition) is 2. The van der Waals surface area contributed by atoms with Gasteiger partial charge < -0.3 is 10.4 Å². The van der Waals surface area contributed by atoms with Crippen LogP contribution in [0, 0.1) is 13.8 Å². The summed E-state index contributed by atoms with van der Waals surface area (Å²) in [5.74, 6) is 0.664. The van der Waals surface area contributed by atoms with Crippen LogP contribution in [0.15, 0.2) is 0 Å². The van der Waals surface area contributed by atoms with E-state index in [1.165, 1.54) is 0 Å². The monoisotopic (exact) mass is 257 g/mol. The van der Waals surface area contributed by atoms with Gasteiger partial charge in [-0.15, -0.1) is 0 Å². The van der Waals surface area contributed by atoms with Gasteiger partial charge in [-0.2, -0.15) is 0 Å². The van der Waals surface area contributed by atoms with Crippen molar-refractivity contribution >= 4 is 17.4 Å². The second-order valence-corrected chi connectivity index (χ2v) is 4.46. The summed E-state index contributed by atoms with van der Waals surface area (Å²) in [6.45, 7) is 4.93. The summed E-state index contributed by atoms with van der Waals surface area (Å²) in [6.07, 6.45) is 4.09. The zero-order valence-electron chi connectivity index (χ0n) is 10.5. The van der Waals surface area contributed by atoms with Crippen molar-refractivity contribution in [3.8, 4) is 0 Å². The highest BCUT2D eigenvalue weighted by Gasteiger charge is 2.05. The van der Waals surface area contributed by atoms with Gasteiger partial charge in [0.05, 0.1) is 11.4 Å². The van der Waals surface area contributed by atoms with Crippen molar-refractivity contribution in [2.24, 2.45) is 0 Å². The van der Waals surface area contributed by atoms with Crippen LogP contribution >= 0.6 is 11.6 Å². The molecule has 1 aromatic rings. The molecule has 96 valence electrons. The molecule has 0 saturated heterocycles. The van der Waals surface area contributed by atoms with E-state index >= 15 is 0 Å². The second kappa shape index (κ2) is 7.45. The third-order valence-corrected chi connectivity index (χ3v) is 2.91. The van der Waals surface area contributed by atoms with Gasteiger partial charge in [0.15, 0.2) is 11.0 Å². The van der Waals surface area contributed by atoms with E-state index in [4.69, 9.17) is 16.7 Å². The summed E-state index contributed by atoms with van der Waals surface area (Å²) in [5.41, 5.74) is 1.76. The second-order valence-electron chi connectivity index (χ2n) is 4.10. The van der Waals surface area contributed by atoms with Crippen LogP contribution in [0.2, 0.25) is 5.15 Å². The minimum absolute atomic E-state index is 0.280. The topological polar surface area (TPSA) is 58.0 Å². The Kier molecular flexibility index (Phi) is 6.22. The first-order valence-electron chi connectivity index (χ1n) is 6.00. The average Bonchev–Trinajstić information content (AvgIpc) is 2.30. The summed E-state index contributed by atoms with van der Waals surface area (Å²) in [6, 6.07) is 0. The Labute approximate surface area is 107 Å². The highest BCUT2D eigenvalue weighted by molar-refractivity contribution is 6.31. The number of nitrogens with one attached hydrogen (secondary N) is 1. The SMILES string of the molecule is Cc1nc(Cl)c(NCCCCCCO)nc1C. The molecule has 0 amide bonds. The quantitative estimate of drug-likeness (QED) is 0.738. The molecular formula is C12H20ClN3O. The van der Waals surface area contributed by atoms with Crippen LogP contribution in [0.25, 0.3) is 0 Å². The van der Waals surface area contributed by atoms with Gasteiger partial charge >= 0.3 is 0 Å².